The summed E-state index contributed by atoms with van der Waals surface area (Å²) in [6.07, 6.45) is 0.738. The highest BCUT2D eigenvalue weighted by Crippen LogP contribution is 2.33. The van der Waals surface area contributed by atoms with Gasteiger partial charge in [0, 0.05) is 29.9 Å². The minimum Gasteiger partial charge on any atom is -0.490 e. The number of aromatic nitrogens is 4. The van der Waals surface area contributed by atoms with Crippen LogP contribution in [0.4, 0.5) is 5.69 Å². The molecule has 0 fully saturated rings. The number of fused-ring (bicyclic) bond motifs is 1. The van der Waals surface area contributed by atoms with E-state index in [9.17, 15) is 8.42 Å². The number of hydrogen-bond donors (Lipinski definition) is 1. The molecule has 10 nitrogen and oxygen atoms in total. The van der Waals surface area contributed by atoms with E-state index in [0.717, 1.165) is 23.4 Å². The van der Waals surface area contributed by atoms with Crippen LogP contribution in [-0.4, -0.2) is 41.4 Å². The molecule has 0 unspecified atom stereocenters. The van der Waals surface area contributed by atoms with Gasteiger partial charge in [-0.25, -0.2) is 18.1 Å². The van der Waals surface area contributed by atoms with Crippen LogP contribution in [0, 0.1) is 27.7 Å². The molecule has 192 valence electrons. The normalized spacial score (nSPS) is 13.2. The Balaban J connectivity index is 1.32. The van der Waals surface area contributed by atoms with Gasteiger partial charge >= 0.3 is 0 Å². The van der Waals surface area contributed by atoms with Crippen LogP contribution in [0.15, 0.2) is 53.4 Å². The van der Waals surface area contributed by atoms with Crippen LogP contribution >= 0.6 is 0 Å². The molecule has 0 radical (unpaired) electrons. The first-order valence-corrected chi connectivity index (χ1v) is 13.3. The summed E-state index contributed by atoms with van der Waals surface area (Å²) in [7, 11) is -3.83. The minimum absolute atomic E-state index is 0.0838. The summed E-state index contributed by atoms with van der Waals surface area (Å²) in [5.41, 5.74) is 3.41. The van der Waals surface area contributed by atoms with E-state index in [1.807, 2.05) is 20.8 Å². The second-order valence-corrected chi connectivity index (χ2v) is 10.4. The van der Waals surface area contributed by atoms with E-state index in [4.69, 9.17) is 14.2 Å². The number of sulfonamides is 1. The Morgan fingerprint density at radius 1 is 0.919 bits per heavy atom. The van der Waals surface area contributed by atoms with Gasteiger partial charge in [0.05, 0.1) is 23.8 Å². The fourth-order valence-corrected chi connectivity index (χ4v) is 4.94. The van der Waals surface area contributed by atoms with E-state index in [1.54, 1.807) is 48.0 Å². The maximum absolute atomic E-state index is 12.9. The molecule has 0 spiro atoms. The number of benzene rings is 2. The van der Waals surface area contributed by atoms with Crippen LogP contribution in [0.2, 0.25) is 0 Å². The molecule has 1 N–H and O–H groups in total. The standard InChI is InChI=1S/C26H27N5O5S/c1-16-17(2)29-31(18(16)3)25-15-26(28-19(4)27-25)36-21-8-6-20(7-9-21)30-37(32,33)22-10-11-23-24(14-22)35-13-5-12-34-23/h6-11,14-15,30H,5,12-13H2,1-4H3. The third-order valence-corrected chi connectivity index (χ3v) is 7.41. The van der Waals surface area contributed by atoms with Crippen molar-refractivity contribution in [3.8, 4) is 28.9 Å². The van der Waals surface area contributed by atoms with Crippen LogP contribution in [0.1, 0.15) is 29.2 Å². The smallest absolute Gasteiger partial charge is 0.262 e. The van der Waals surface area contributed by atoms with Crippen molar-refractivity contribution in [3.63, 3.8) is 0 Å². The Morgan fingerprint density at radius 3 is 2.35 bits per heavy atom. The van der Waals surface area contributed by atoms with Gasteiger partial charge in [-0.05, 0) is 69.7 Å². The Bertz CT molecular complexity index is 1570. The minimum atomic E-state index is -3.83. The van der Waals surface area contributed by atoms with Gasteiger partial charge in [-0.15, -0.1) is 0 Å². The molecule has 2 aromatic heterocycles. The highest BCUT2D eigenvalue weighted by molar-refractivity contribution is 7.92. The predicted molar refractivity (Wildman–Crippen MR) is 137 cm³/mol. The van der Waals surface area contributed by atoms with Crippen molar-refractivity contribution in [2.75, 3.05) is 17.9 Å². The van der Waals surface area contributed by atoms with E-state index in [1.165, 1.54) is 12.1 Å². The summed E-state index contributed by atoms with van der Waals surface area (Å²) in [5, 5.41) is 4.56. The van der Waals surface area contributed by atoms with E-state index in [-0.39, 0.29) is 4.90 Å². The molecule has 0 saturated carbocycles. The molecule has 2 aromatic carbocycles. The Kier molecular flexibility index (Phi) is 6.46. The molecular weight excluding hydrogens is 494 g/mol. The fourth-order valence-electron chi connectivity index (χ4n) is 3.87. The zero-order valence-corrected chi connectivity index (χ0v) is 21.8. The molecule has 0 aliphatic carbocycles. The van der Waals surface area contributed by atoms with Crippen molar-refractivity contribution in [3.05, 3.63) is 71.3 Å². The van der Waals surface area contributed by atoms with Gasteiger partial charge in [-0.2, -0.15) is 10.1 Å². The van der Waals surface area contributed by atoms with Crippen molar-refractivity contribution >= 4 is 15.7 Å². The molecule has 3 heterocycles. The maximum Gasteiger partial charge on any atom is 0.262 e. The number of aryl methyl sites for hydroxylation is 2. The first-order valence-electron chi connectivity index (χ1n) is 11.8. The molecule has 0 amide bonds. The molecule has 1 aliphatic heterocycles. The second kappa shape index (κ2) is 9.74. The summed E-state index contributed by atoms with van der Waals surface area (Å²) in [6.45, 7) is 8.74. The molecule has 11 heteroatoms. The third kappa shape index (κ3) is 5.21. The van der Waals surface area contributed by atoms with Gasteiger partial charge in [0.25, 0.3) is 10.0 Å². The lowest BCUT2D eigenvalue weighted by atomic mass is 10.2. The van der Waals surface area contributed by atoms with Crippen LogP contribution < -0.4 is 18.9 Å². The monoisotopic (exact) mass is 521 g/mol. The van der Waals surface area contributed by atoms with Crippen LogP contribution in [-0.2, 0) is 10.0 Å². The highest BCUT2D eigenvalue weighted by Gasteiger charge is 2.19. The van der Waals surface area contributed by atoms with Crippen molar-refractivity contribution in [2.24, 2.45) is 0 Å². The Morgan fingerprint density at radius 2 is 1.65 bits per heavy atom. The lowest BCUT2D eigenvalue weighted by Crippen LogP contribution is -2.13. The molecular formula is C26H27N5O5S. The second-order valence-electron chi connectivity index (χ2n) is 8.71. The van der Waals surface area contributed by atoms with E-state index in [2.05, 4.69) is 19.8 Å². The van der Waals surface area contributed by atoms with Gasteiger partial charge in [0.1, 0.15) is 11.6 Å². The van der Waals surface area contributed by atoms with Crippen LogP contribution in [0.25, 0.3) is 5.82 Å². The summed E-state index contributed by atoms with van der Waals surface area (Å²) in [4.78, 5) is 8.94. The Hall–Kier alpha value is -4.12. The van der Waals surface area contributed by atoms with Crippen molar-refractivity contribution in [2.45, 2.75) is 39.0 Å². The summed E-state index contributed by atoms with van der Waals surface area (Å²) >= 11 is 0. The lowest BCUT2D eigenvalue weighted by molar-refractivity contribution is 0.297. The average molecular weight is 522 g/mol. The molecule has 37 heavy (non-hydrogen) atoms. The van der Waals surface area contributed by atoms with Crippen LogP contribution in [0.3, 0.4) is 0 Å². The van der Waals surface area contributed by atoms with Crippen molar-refractivity contribution in [1.82, 2.24) is 19.7 Å². The first kappa shape index (κ1) is 24.6. The van der Waals surface area contributed by atoms with Gasteiger partial charge < -0.3 is 14.2 Å². The van der Waals surface area contributed by atoms with E-state index in [0.29, 0.717) is 53.7 Å². The fraction of sp³-hybridized carbons (Fsp3) is 0.269. The van der Waals surface area contributed by atoms with Gasteiger partial charge in [-0.3, -0.25) is 4.72 Å². The average Bonchev–Trinajstić information content (AvgIpc) is 3.02. The van der Waals surface area contributed by atoms with Gasteiger partial charge in [0.15, 0.2) is 17.3 Å². The van der Waals surface area contributed by atoms with E-state index >= 15 is 0 Å². The molecule has 1 aliphatic rings. The quantitative estimate of drug-likeness (QED) is 0.390. The maximum atomic E-state index is 12.9. The van der Waals surface area contributed by atoms with Crippen LogP contribution in [0.5, 0.6) is 23.1 Å². The largest absolute Gasteiger partial charge is 0.490 e. The Labute approximate surface area is 215 Å². The summed E-state index contributed by atoms with van der Waals surface area (Å²) in [5.74, 6) is 2.95. The third-order valence-electron chi connectivity index (χ3n) is 6.03. The number of anilines is 1. The SMILES string of the molecule is Cc1nc(Oc2ccc(NS(=O)(=O)c3ccc4c(c3)OCCCO4)cc2)cc(-n2nc(C)c(C)c2C)n1. The first-order chi connectivity index (χ1) is 17.7. The number of nitrogens with zero attached hydrogens (tertiary/aromatic N) is 4. The molecule has 0 atom stereocenters. The van der Waals surface area contributed by atoms with E-state index < -0.39 is 10.0 Å². The number of hydrogen-bond acceptors (Lipinski definition) is 8. The van der Waals surface area contributed by atoms with Crippen molar-refractivity contribution < 1.29 is 22.6 Å². The zero-order chi connectivity index (χ0) is 26.2. The van der Waals surface area contributed by atoms with Gasteiger partial charge in [-0.1, -0.05) is 0 Å². The summed E-state index contributed by atoms with van der Waals surface area (Å²) < 4.78 is 47.4. The lowest BCUT2D eigenvalue weighted by Gasteiger charge is -2.12. The zero-order valence-electron chi connectivity index (χ0n) is 21.0. The predicted octanol–water partition coefficient (Wildman–Crippen LogP) is 4.65. The number of ether oxygens (including phenoxy) is 3. The molecule has 0 bridgehead atoms. The van der Waals surface area contributed by atoms with Crippen molar-refractivity contribution in [1.29, 1.82) is 0 Å². The number of rotatable bonds is 6. The highest BCUT2D eigenvalue weighted by atomic mass is 32.2. The molecule has 5 rings (SSSR count). The number of nitrogens with one attached hydrogen (secondary N) is 1. The molecule has 4 aromatic rings. The van der Waals surface area contributed by atoms with Gasteiger partial charge in [0.2, 0.25) is 5.88 Å². The topological polar surface area (TPSA) is 117 Å². The molecule has 0 saturated heterocycles. The summed E-state index contributed by atoms with van der Waals surface area (Å²) in [6, 6.07) is 12.9.